The summed E-state index contributed by atoms with van der Waals surface area (Å²) in [6.45, 7) is 2.83. The lowest BCUT2D eigenvalue weighted by molar-refractivity contribution is 0.441. The number of hydrogen-bond acceptors (Lipinski definition) is 2. The summed E-state index contributed by atoms with van der Waals surface area (Å²) >= 11 is 11.9. The molecule has 140 valence electrons. The lowest BCUT2D eigenvalue weighted by atomic mass is 9.99. The third-order valence-electron chi connectivity index (χ3n) is 4.97. The van der Waals surface area contributed by atoms with Crippen LogP contribution in [0, 0.1) is 6.92 Å². The highest BCUT2D eigenvalue weighted by molar-refractivity contribution is 7.89. The van der Waals surface area contributed by atoms with Crippen LogP contribution in [0.4, 0.5) is 0 Å². The molecule has 4 nitrogen and oxygen atoms in total. The Morgan fingerprint density at radius 3 is 2.63 bits per heavy atom. The number of para-hydroxylation sites is 1. The molecule has 4 rings (SSSR count). The molecule has 0 aliphatic carbocycles. The summed E-state index contributed by atoms with van der Waals surface area (Å²) in [7, 11) is -3.60. The third-order valence-corrected chi connectivity index (χ3v) is 7.57. The number of sulfonamides is 1. The van der Waals surface area contributed by atoms with Crippen molar-refractivity contribution in [2.45, 2.75) is 18.2 Å². The van der Waals surface area contributed by atoms with Crippen molar-refractivity contribution in [3.63, 3.8) is 0 Å². The number of rotatable bonds is 3. The van der Waals surface area contributed by atoms with Crippen molar-refractivity contribution in [3.8, 4) is 0 Å². The first-order valence-corrected chi connectivity index (χ1v) is 10.8. The molecular weight excluding hydrogens is 403 g/mol. The van der Waals surface area contributed by atoms with Gasteiger partial charge in [0.1, 0.15) is 0 Å². The van der Waals surface area contributed by atoms with Crippen LogP contribution in [-0.4, -0.2) is 30.8 Å². The molecule has 0 saturated carbocycles. The third kappa shape index (κ3) is 3.29. The van der Waals surface area contributed by atoms with Crippen LogP contribution in [0.5, 0.6) is 0 Å². The molecule has 0 bridgehead atoms. The zero-order valence-corrected chi connectivity index (χ0v) is 17.0. The fourth-order valence-corrected chi connectivity index (χ4v) is 5.24. The fraction of sp³-hybridized carbons (Fsp3) is 0.200. The molecule has 0 radical (unpaired) electrons. The summed E-state index contributed by atoms with van der Waals surface area (Å²) in [4.78, 5) is 3.50. The van der Waals surface area contributed by atoms with Crippen LogP contribution in [0.25, 0.3) is 16.5 Å². The van der Waals surface area contributed by atoms with Gasteiger partial charge in [-0.3, -0.25) is 0 Å². The standard InChI is InChI=1S/C20H18Cl2N2O2S/c1-13-3-2-4-16-17(12-23-20(13)16)14-7-9-24(10-8-14)27(25,26)15-5-6-18(21)19(22)11-15/h2-7,11-12,23H,8-10H2,1H3. The topological polar surface area (TPSA) is 53.2 Å². The molecule has 0 atom stereocenters. The minimum Gasteiger partial charge on any atom is -0.360 e. The Balaban J connectivity index is 1.62. The van der Waals surface area contributed by atoms with E-state index in [1.165, 1.54) is 33.5 Å². The second-order valence-corrected chi connectivity index (χ2v) is 9.37. The number of benzene rings is 2. The van der Waals surface area contributed by atoms with E-state index in [2.05, 4.69) is 24.0 Å². The quantitative estimate of drug-likeness (QED) is 0.627. The summed E-state index contributed by atoms with van der Waals surface area (Å²) in [5.74, 6) is 0. The number of halogens is 2. The normalized spacial score (nSPS) is 15.9. The number of H-pyrrole nitrogens is 1. The predicted molar refractivity (Wildman–Crippen MR) is 111 cm³/mol. The maximum absolute atomic E-state index is 12.9. The Bertz CT molecular complexity index is 1170. The van der Waals surface area contributed by atoms with E-state index in [0.717, 1.165) is 16.7 Å². The number of nitrogens with one attached hydrogen (secondary N) is 1. The number of nitrogens with zero attached hydrogens (tertiary/aromatic N) is 1. The van der Waals surface area contributed by atoms with Crippen LogP contribution in [0.2, 0.25) is 10.0 Å². The average molecular weight is 421 g/mol. The van der Waals surface area contributed by atoms with Crippen molar-refractivity contribution >= 4 is 49.7 Å². The smallest absolute Gasteiger partial charge is 0.243 e. The monoisotopic (exact) mass is 420 g/mol. The summed E-state index contributed by atoms with van der Waals surface area (Å²) < 4.78 is 27.2. The van der Waals surface area contributed by atoms with Crippen LogP contribution < -0.4 is 0 Å². The number of fused-ring (bicyclic) bond motifs is 1. The van der Waals surface area contributed by atoms with Gasteiger partial charge in [0.25, 0.3) is 0 Å². The second kappa shape index (κ2) is 6.99. The van der Waals surface area contributed by atoms with E-state index < -0.39 is 10.0 Å². The van der Waals surface area contributed by atoms with Crippen molar-refractivity contribution in [1.82, 2.24) is 9.29 Å². The van der Waals surface area contributed by atoms with Crippen molar-refractivity contribution < 1.29 is 8.42 Å². The minimum absolute atomic E-state index is 0.163. The fourth-order valence-electron chi connectivity index (χ4n) is 3.47. The molecule has 0 fully saturated rings. The maximum Gasteiger partial charge on any atom is 0.243 e. The molecule has 1 aliphatic heterocycles. The lowest BCUT2D eigenvalue weighted by Crippen LogP contribution is -2.34. The summed E-state index contributed by atoms with van der Waals surface area (Å²) in [5.41, 5.74) is 4.62. The van der Waals surface area contributed by atoms with E-state index in [-0.39, 0.29) is 9.92 Å². The van der Waals surface area contributed by atoms with Gasteiger partial charge in [-0.05, 0) is 42.7 Å². The molecule has 0 saturated heterocycles. The van der Waals surface area contributed by atoms with Gasteiger partial charge in [-0.1, -0.05) is 47.5 Å². The highest BCUT2D eigenvalue weighted by Gasteiger charge is 2.27. The van der Waals surface area contributed by atoms with E-state index in [4.69, 9.17) is 23.2 Å². The number of aromatic nitrogens is 1. The van der Waals surface area contributed by atoms with E-state index in [9.17, 15) is 8.42 Å². The average Bonchev–Trinajstić information content (AvgIpc) is 3.09. The Morgan fingerprint density at radius 2 is 1.93 bits per heavy atom. The molecule has 0 unspecified atom stereocenters. The van der Waals surface area contributed by atoms with Gasteiger partial charge < -0.3 is 4.98 Å². The molecular formula is C20H18Cl2N2O2S. The first kappa shape index (κ1) is 18.6. The Hall–Kier alpha value is -1.79. The number of hydrogen-bond donors (Lipinski definition) is 1. The molecule has 0 spiro atoms. The van der Waals surface area contributed by atoms with E-state index in [1.807, 2.05) is 18.3 Å². The summed E-state index contributed by atoms with van der Waals surface area (Å²) in [6.07, 6.45) is 4.65. The van der Waals surface area contributed by atoms with Gasteiger partial charge in [0.15, 0.2) is 0 Å². The van der Waals surface area contributed by atoms with Gasteiger partial charge in [-0.15, -0.1) is 0 Å². The Morgan fingerprint density at radius 1 is 1.11 bits per heavy atom. The first-order chi connectivity index (χ1) is 12.9. The maximum atomic E-state index is 12.9. The van der Waals surface area contributed by atoms with Gasteiger partial charge in [0.2, 0.25) is 10.0 Å². The molecule has 1 N–H and O–H groups in total. The van der Waals surface area contributed by atoms with Gasteiger partial charge in [0, 0.05) is 35.8 Å². The van der Waals surface area contributed by atoms with Crippen LogP contribution >= 0.6 is 23.2 Å². The van der Waals surface area contributed by atoms with Crippen LogP contribution in [0.1, 0.15) is 17.5 Å². The van der Waals surface area contributed by atoms with E-state index >= 15 is 0 Å². The molecule has 0 amide bonds. The minimum atomic E-state index is -3.60. The second-order valence-electron chi connectivity index (χ2n) is 6.62. The number of aromatic amines is 1. The molecule has 2 heterocycles. The predicted octanol–water partition coefficient (Wildman–Crippen LogP) is 5.26. The highest BCUT2D eigenvalue weighted by atomic mass is 35.5. The van der Waals surface area contributed by atoms with Crippen LogP contribution in [-0.2, 0) is 10.0 Å². The SMILES string of the molecule is Cc1cccc2c(C3=CCN(S(=O)(=O)c4ccc(Cl)c(Cl)c4)CC3)c[nH]c12. The highest BCUT2D eigenvalue weighted by Crippen LogP contribution is 2.32. The van der Waals surface area contributed by atoms with E-state index in [0.29, 0.717) is 24.5 Å². The zero-order valence-electron chi connectivity index (χ0n) is 14.7. The molecule has 3 aromatic rings. The number of aryl methyl sites for hydroxylation is 1. The van der Waals surface area contributed by atoms with Crippen molar-refractivity contribution in [3.05, 3.63) is 69.8 Å². The molecule has 1 aliphatic rings. The largest absolute Gasteiger partial charge is 0.360 e. The Kier molecular flexibility index (Phi) is 4.80. The van der Waals surface area contributed by atoms with Gasteiger partial charge >= 0.3 is 0 Å². The molecule has 7 heteroatoms. The van der Waals surface area contributed by atoms with Crippen molar-refractivity contribution in [2.24, 2.45) is 0 Å². The van der Waals surface area contributed by atoms with Crippen molar-refractivity contribution in [1.29, 1.82) is 0 Å². The summed E-state index contributed by atoms with van der Waals surface area (Å²) in [5, 5.41) is 1.74. The molecule has 1 aromatic heterocycles. The lowest BCUT2D eigenvalue weighted by Gasteiger charge is -2.26. The van der Waals surface area contributed by atoms with Crippen LogP contribution in [0.15, 0.2) is 53.6 Å². The van der Waals surface area contributed by atoms with Gasteiger partial charge in [0.05, 0.1) is 14.9 Å². The van der Waals surface area contributed by atoms with E-state index in [1.54, 1.807) is 0 Å². The molecule has 27 heavy (non-hydrogen) atoms. The van der Waals surface area contributed by atoms with Crippen molar-refractivity contribution in [2.75, 3.05) is 13.1 Å². The summed E-state index contributed by atoms with van der Waals surface area (Å²) in [6, 6.07) is 10.6. The zero-order chi connectivity index (χ0) is 19.2. The molecule has 2 aromatic carbocycles. The van der Waals surface area contributed by atoms with Gasteiger partial charge in [-0.2, -0.15) is 4.31 Å². The first-order valence-electron chi connectivity index (χ1n) is 8.59. The van der Waals surface area contributed by atoms with Gasteiger partial charge in [-0.25, -0.2) is 8.42 Å². The Labute approximate surface area is 168 Å². The van der Waals surface area contributed by atoms with Crippen LogP contribution in [0.3, 0.4) is 0 Å².